The second kappa shape index (κ2) is 4.94. The quantitative estimate of drug-likeness (QED) is 0.884. The maximum absolute atomic E-state index is 12.6. The molecule has 0 aliphatic carbocycles. The average Bonchev–Trinajstić information content (AvgIpc) is 2.35. The fraction of sp³-hybridized carbons (Fsp3) is 0.500. The maximum atomic E-state index is 12.6. The van der Waals surface area contributed by atoms with E-state index in [0.29, 0.717) is 5.92 Å². The van der Waals surface area contributed by atoms with E-state index >= 15 is 0 Å². The van der Waals surface area contributed by atoms with Gasteiger partial charge in [0.2, 0.25) is 5.91 Å². The minimum Gasteiger partial charge on any atom is -0.316 e. The molecule has 1 amide bonds. The molecular formula is C14H18N2OS. The number of carbonyl (C=O) groups excluding carboxylic acids is 1. The van der Waals surface area contributed by atoms with Gasteiger partial charge in [0.25, 0.3) is 0 Å². The number of benzene rings is 1. The van der Waals surface area contributed by atoms with Crippen molar-refractivity contribution >= 4 is 23.4 Å². The zero-order valence-electron chi connectivity index (χ0n) is 10.6. The third-order valence-corrected chi connectivity index (χ3v) is 4.95. The highest BCUT2D eigenvalue weighted by atomic mass is 32.2. The maximum Gasteiger partial charge on any atom is 0.230 e. The third-order valence-electron chi connectivity index (χ3n) is 3.90. The zero-order chi connectivity index (χ0) is 12.5. The van der Waals surface area contributed by atoms with Crippen LogP contribution in [0.25, 0.3) is 0 Å². The Labute approximate surface area is 112 Å². The van der Waals surface area contributed by atoms with Crippen LogP contribution < -0.4 is 10.2 Å². The van der Waals surface area contributed by atoms with Gasteiger partial charge in [0, 0.05) is 23.1 Å². The van der Waals surface area contributed by atoms with Crippen LogP contribution in [0, 0.1) is 11.8 Å². The number of hydrogen-bond donors (Lipinski definition) is 1. The standard InChI is InChI=1S/C14H18N2OS/c1-10(11-8-15-9-11)14(17)16-6-7-18-13-5-3-2-4-12(13)16/h2-5,10-11,15H,6-9H2,1H3. The number of para-hydroxylation sites is 1. The predicted molar refractivity (Wildman–Crippen MR) is 75.0 cm³/mol. The molecule has 3 nitrogen and oxygen atoms in total. The topological polar surface area (TPSA) is 32.3 Å². The Morgan fingerprint density at radius 1 is 1.44 bits per heavy atom. The van der Waals surface area contributed by atoms with Crippen molar-refractivity contribution in [3.8, 4) is 0 Å². The highest BCUT2D eigenvalue weighted by Gasteiger charge is 2.33. The molecule has 0 aromatic heterocycles. The van der Waals surface area contributed by atoms with Crippen LogP contribution >= 0.6 is 11.8 Å². The van der Waals surface area contributed by atoms with Gasteiger partial charge in [-0.05, 0) is 31.1 Å². The lowest BCUT2D eigenvalue weighted by Gasteiger charge is -2.36. The van der Waals surface area contributed by atoms with Crippen molar-refractivity contribution in [1.29, 1.82) is 0 Å². The first kappa shape index (κ1) is 12.1. The number of nitrogens with zero attached hydrogens (tertiary/aromatic N) is 1. The Bertz CT molecular complexity index is 459. The van der Waals surface area contributed by atoms with Crippen molar-refractivity contribution in [2.45, 2.75) is 11.8 Å². The van der Waals surface area contributed by atoms with E-state index in [4.69, 9.17) is 0 Å². The Morgan fingerprint density at radius 3 is 2.94 bits per heavy atom. The number of carbonyl (C=O) groups is 1. The van der Waals surface area contributed by atoms with Crippen molar-refractivity contribution in [2.24, 2.45) is 11.8 Å². The van der Waals surface area contributed by atoms with E-state index in [1.165, 1.54) is 4.90 Å². The molecule has 0 spiro atoms. The van der Waals surface area contributed by atoms with Crippen molar-refractivity contribution in [2.75, 3.05) is 30.3 Å². The van der Waals surface area contributed by atoms with E-state index in [-0.39, 0.29) is 11.8 Å². The molecule has 0 saturated carbocycles. The molecule has 1 N–H and O–H groups in total. The smallest absolute Gasteiger partial charge is 0.230 e. The van der Waals surface area contributed by atoms with Crippen LogP contribution in [-0.4, -0.2) is 31.3 Å². The molecule has 1 aromatic carbocycles. The summed E-state index contributed by atoms with van der Waals surface area (Å²) in [5.74, 6) is 1.93. The monoisotopic (exact) mass is 262 g/mol. The van der Waals surface area contributed by atoms with E-state index in [1.54, 1.807) is 0 Å². The molecule has 2 aliphatic rings. The molecule has 0 radical (unpaired) electrons. The predicted octanol–water partition coefficient (Wildman–Crippen LogP) is 1.98. The number of fused-ring (bicyclic) bond motifs is 1. The number of nitrogens with one attached hydrogen (secondary N) is 1. The molecular weight excluding hydrogens is 244 g/mol. The summed E-state index contributed by atoms with van der Waals surface area (Å²) < 4.78 is 0. The Balaban J connectivity index is 1.82. The molecule has 2 aliphatic heterocycles. The van der Waals surface area contributed by atoms with Crippen molar-refractivity contribution in [3.05, 3.63) is 24.3 Å². The van der Waals surface area contributed by atoms with Crippen LogP contribution in [0.2, 0.25) is 0 Å². The molecule has 18 heavy (non-hydrogen) atoms. The van der Waals surface area contributed by atoms with Crippen LogP contribution in [0.15, 0.2) is 29.2 Å². The lowest BCUT2D eigenvalue weighted by molar-refractivity contribution is -0.124. The Kier molecular flexibility index (Phi) is 3.31. The number of amides is 1. The lowest BCUT2D eigenvalue weighted by atomic mass is 9.88. The zero-order valence-corrected chi connectivity index (χ0v) is 11.4. The van der Waals surface area contributed by atoms with Gasteiger partial charge >= 0.3 is 0 Å². The third kappa shape index (κ3) is 2.04. The van der Waals surface area contributed by atoms with Gasteiger partial charge in [-0.15, -0.1) is 11.8 Å². The molecule has 4 heteroatoms. The highest BCUT2D eigenvalue weighted by molar-refractivity contribution is 7.99. The summed E-state index contributed by atoms with van der Waals surface area (Å²) in [6.07, 6.45) is 0. The van der Waals surface area contributed by atoms with Crippen LogP contribution in [0.5, 0.6) is 0 Å². The van der Waals surface area contributed by atoms with Gasteiger partial charge in [-0.25, -0.2) is 0 Å². The Morgan fingerprint density at radius 2 is 2.22 bits per heavy atom. The summed E-state index contributed by atoms with van der Waals surface area (Å²) in [6, 6.07) is 8.22. The molecule has 1 unspecified atom stereocenters. The SMILES string of the molecule is CC(C(=O)N1CCSc2ccccc21)C1CNC1. The molecule has 1 saturated heterocycles. The lowest BCUT2D eigenvalue weighted by Crippen LogP contribution is -2.51. The van der Waals surface area contributed by atoms with E-state index < -0.39 is 0 Å². The molecule has 1 atom stereocenters. The number of rotatable bonds is 2. The number of hydrogen-bond acceptors (Lipinski definition) is 3. The van der Waals surface area contributed by atoms with Gasteiger partial charge in [0.15, 0.2) is 0 Å². The van der Waals surface area contributed by atoms with Gasteiger partial charge in [0.1, 0.15) is 0 Å². The van der Waals surface area contributed by atoms with E-state index in [1.807, 2.05) is 28.8 Å². The van der Waals surface area contributed by atoms with Crippen molar-refractivity contribution in [3.63, 3.8) is 0 Å². The first-order chi connectivity index (χ1) is 8.77. The first-order valence-electron chi connectivity index (χ1n) is 6.51. The summed E-state index contributed by atoms with van der Waals surface area (Å²) in [6.45, 7) is 4.87. The van der Waals surface area contributed by atoms with E-state index in [0.717, 1.165) is 31.1 Å². The number of thioether (sulfide) groups is 1. The summed E-state index contributed by atoms with van der Waals surface area (Å²) in [4.78, 5) is 15.8. The molecule has 3 rings (SSSR count). The molecule has 1 fully saturated rings. The van der Waals surface area contributed by atoms with Crippen molar-refractivity contribution < 1.29 is 4.79 Å². The van der Waals surface area contributed by atoms with Crippen LogP contribution in [-0.2, 0) is 4.79 Å². The minimum absolute atomic E-state index is 0.127. The Hall–Kier alpha value is -1.00. The van der Waals surface area contributed by atoms with Gasteiger partial charge in [-0.2, -0.15) is 0 Å². The van der Waals surface area contributed by atoms with Gasteiger partial charge < -0.3 is 10.2 Å². The first-order valence-corrected chi connectivity index (χ1v) is 7.50. The normalized spacial score (nSPS) is 21.1. The molecule has 2 heterocycles. The second-order valence-corrected chi connectivity index (χ2v) is 6.15. The fourth-order valence-electron chi connectivity index (χ4n) is 2.51. The van der Waals surface area contributed by atoms with Crippen LogP contribution in [0.3, 0.4) is 0 Å². The summed E-state index contributed by atoms with van der Waals surface area (Å²) in [5, 5.41) is 3.24. The molecule has 96 valence electrons. The molecule has 1 aromatic rings. The van der Waals surface area contributed by atoms with Crippen LogP contribution in [0.1, 0.15) is 6.92 Å². The number of anilines is 1. The second-order valence-electron chi connectivity index (χ2n) is 5.01. The minimum atomic E-state index is 0.127. The highest BCUT2D eigenvalue weighted by Crippen LogP contribution is 2.35. The van der Waals surface area contributed by atoms with E-state index in [9.17, 15) is 4.79 Å². The molecule has 0 bridgehead atoms. The van der Waals surface area contributed by atoms with E-state index in [2.05, 4.69) is 24.4 Å². The summed E-state index contributed by atoms with van der Waals surface area (Å²) in [7, 11) is 0. The van der Waals surface area contributed by atoms with Gasteiger partial charge in [-0.1, -0.05) is 19.1 Å². The average molecular weight is 262 g/mol. The largest absolute Gasteiger partial charge is 0.316 e. The fourth-order valence-corrected chi connectivity index (χ4v) is 3.51. The summed E-state index contributed by atoms with van der Waals surface area (Å²) in [5.41, 5.74) is 1.10. The van der Waals surface area contributed by atoms with Crippen molar-refractivity contribution in [1.82, 2.24) is 5.32 Å². The summed E-state index contributed by atoms with van der Waals surface area (Å²) >= 11 is 1.84. The van der Waals surface area contributed by atoms with Gasteiger partial charge in [0.05, 0.1) is 5.69 Å². The van der Waals surface area contributed by atoms with Crippen LogP contribution in [0.4, 0.5) is 5.69 Å². The van der Waals surface area contributed by atoms with Gasteiger partial charge in [-0.3, -0.25) is 4.79 Å².